The van der Waals surface area contributed by atoms with E-state index in [-0.39, 0.29) is 10.6 Å². The van der Waals surface area contributed by atoms with Crippen molar-refractivity contribution in [1.29, 1.82) is 0 Å². The quantitative estimate of drug-likeness (QED) is 0.275. The summed E-state index contributed by atoms with van der Waals surface area (Å²) >= 11 is 6.90. The Bertz CT molecular complexity index is 1030. The van der Waals surface area contributed by atoms with E-state index < -0.39 is 17.7 Å². The van der Waals surface area contributed by atoms with Crippen molar-refractivity contribution in [2.24, 2.45) is 5.16 Å². The van der Waals surface area contributed by atoms with Gasteiger partial charge in [0.25, 0.3) is 0 Å². The van der Waals surface area contributed by atoms with Gasteiger partial charge in [-0.25, -0.2) is 4.79 Å². The van der Waals surface area contributed by atoms with Crippen LogP contribution in [-0.4, -0.2) is 17.2 Å². The van der Waals surface area contributed by atoms with E-state index in [4.69, 9.17) is 16.4 Å². The summed E-state index contributed by atoms with van der Waals surface area (Å²) < 4.78 is 39.2. The molecule has 148 valence electrons. The molecule has 0 saturated heterocycles. The number of hydrogen-bond acceptors (Lipinski definition) is 5. The maximum Gasteiger partial charge on any atom is 0.417 e. The topological polar surface area (TPSA) is 51.5 Å². The molecule has 0 fully saturated rings. The molecule has 9 heteroatoms. The van der Waals surface area contributed by atoms with Gasteiger partial charge in [0.1, 0.15) is 0 Å². The lowest BCUT2D eigenvalue weighted by Gasteiger charge is -2.10. The zero-order chi connectivity index (χ0) is 20.9. The summed E-state index contributed by atoms with van der Waals surface area (Å²) in [6.07, 6.45) is -2.75. The van der Waals surface area contributed by atoms with Gasteiger partial charge >= 0.3 is 12.1 Å². The molecule has 0 bridgehead atoms. The standard InChI is InChI=1S/C20H12ClF3N2O2S/c21-15-6-8-16(9-7-15)29-18-10-14(20(22,23)24)11-25-17(18)12-26-28-19(27)13-4-2-1-3-5-13/h1-12H/b26-12-. The van der Waals surface area contributed by atoms with Gasteiger partial charge < -0.3 is 4.84 Å². The second-order valence-corrected chi connectivity index (χ2v) is 7.19. The van der Waals surface area contributed by atoms with E-state index in [1.807, 2.05) is 0 Å². The van der Waals surface area contributed by atoms with Crippen molar-refractivity contribution in [1.82, 2.24) is 4.98 Å². The second kappa shape index (κ2) is 9.11. The van der Waals surface area contributed by atoms with Crippen LogP contribution in [0.25, 0.3) is 0 Å². The zero-order valence-electron chi connectivity index (χ0n) is 14.6. The summed E-state index contributed by atoms with van der Waals surface area (Å²) in [5, 5.41) is 4.08. The van der Waals surface area contributed by atoms with Crippen LogP contribution in [0, 0.1) is 0 Å². The highest BCUT2D eigenvalue weighted by Gasteiger charge is 2.31. The van der Waals surface area contributed by atoms with Crippen LogP contribution in [0.4, 0.5) is 13.2 Å². The van der Waals surface area contributed by atoms with E-state index in [1.54, 1.807) is 54.6 Å². The second-order valence-electron chi connectivity index (χ2n) is 5.64. The molecule has 2 aromatic carbocycles. The van der Waals surface area contributed by atoms with Gasteiger partial charge in [-0.2, -0.15) is 13.2 Å². The highest BCUT2D eigenvalue weighted by Crippen LogP contribution is 2.35. The molecule has 0 radical (unpaired) electrons. The number of alkyl halides is 3. The largest absolute Gasteiger partial charge is 0.417 e. The van der Waals surface area contributed by atoms with Crippen LogP contribution in [-0.2, 0) is 11.0 Å². The fraction of sp³-hybridized carbons (Fsp3) is 0.0500. The Hall–Kier alpha value is -2.84. The molecule has 0 N–H and O–H groups in total. The summed E-state index contributed by atoms with van der Waals surface area (Å²) in [5.74, 6) is -0.694. The van der Waals surface area contributed by atoms with Crippen LogP contribution in [0.2, 0.25) is 5.02 Å². The molecular weight excluding hydrogens is 425 g/mol. The first-order valence-corrected chi connectivity index (χ1v) is 9.33. The van der Waals surface area contributed by atoms with E-state index >= 15 is 0 Å². The number of pyridine rings is 1. The van der Waals surface area contributed by atoms with Crippen molar-refractivity contribution in [3.63, 3.8) is 0 Å². The first kappa shape index (κ1) is 20.9. The van der Waals surface area contributed by atoms with E-state index in [0.29, 0.717) is 21.7 Å². The van der Waals surface area contributed by atoms with Gasteiger partial charge in [0.05, 0.1) is 23.0 Å². The average Bonchev–Trinajstić information content (AvgIpc) is 2.70. The molecule has 1 aromatic heterocycles. The highest BCUT2D eigenvalue weighted by atomic mass is 35.5. The van der Waals surface area contributed by atoms with Gasteiger partial charge in [-0.05, 0) is 42.5 Å². The molecule has 0 aliphatic rings. The molecule has 0 atom stereocenters. The minimum atomic E-state index is -4.54. The normalized spacial score (nSPS) is 11.6. The predicted octanol–water partition coefficient (Wildman–Crippen LogP) is 6.10. The van der Waals surface area contributed by atoms with Crippen LogP contribution in [0.5, 0.6) is 0 Å². The number of rotatable bonds is 5. The van der Waals surface area contributed by atoms with Crippen molar-refractivity contribution >= 4 is 35.5 Å². The molecule has 29 heavy (non-hydrogen) atoms. The molecular formula is C20H12ClF3N2O2S. The average molecular weight is 437 g/mol. The van der Waals surface area contributed by atoms with E-state index in [1.165, 1.54) is 0 Å². The van der Waals surface area contributed by atoms with Gasteiger partial charge in [-0.1, -0.05) is 46.7 Å². The number of hydrogen-bond donors (Lipinski definition) is 0. The molecule has 0 aliphatic heterocycles. The van der Waals surface area contributed by atoms with Crippen molar-refractivity contribution in [3.05, 3.63) is 88.7 Å². The van der Waals surface area contributed by atoms with Crippen LogP contribution in [0.3, 0.4) is 0 Å². The van der Waals surface area contributed by atoms with Gasteiger partial charge in [-0.3, -0.25) is 4.98 Å². The minimum Gasteiger partial charge on any atom is -0.313 e. The lowest BCUT2D eigenvalue weighted by Crippen LogP contribution is -2.07. The van der Waals surface area contributed by atoms with Crippen LogP contribution < -0.4 is 0 Å². The number of carbonyl (C=O) groups is 1. The van der Waals surface area contributed by atoms with E-state index in [2.05, 4.69) is 10.1 Å². The summed E-state index contributed by atoms with van der Waals surface area (Å²) in [6.45, 7) is 0. The summed E-state index contributed by atoms with van der Waals surface area (Å²) in [4.78, 5) is 21.4. The molecule has 0 amide bonds. The lowest BCUT2D eigenvalue weighted by atomic mass is 10.2. The Labute approximate surface area is 173 Å². The maximum absolute atomic E-state index is 13.1. The van der Waals surface area contributed by atoms with Crippen LogP contribution >= 0.6 is 23.4 Å². The number of aromatic nitrogens is 1. The fourth-order valence-corrected chi connectivity index (χ4v) is 3.22. The molecule has 4 nitrogen and oxygen atoms in total. The Morgan fingerprint density at radius 1 is 1.10 bits per heavy atom. The Morgan fingerprint density at radius 3 is 2.45 bits per heavy atom. The van der Waals surface area contributed by atoms with Crippen LogP contribution in [0.15, 0.2) is 81.8 Å². The molecule has 0 unspecified atom stereocenters. The molecule has 0 spiro atoms. The lowest BCUT2D eigenvalue weighted by molar-refractivity contribution is -0.138. The zero-order valence-corrected chi connectivity index (χ0v) is 16.1. The number of oxime groups is 1. The third-order valence-corrected chi connectivity index (χ3v) is 4.88. The van der Waals surface area contributed by atoms with Crippen molar-refractivity contribution in [2.45, 2.75) is 16.0 Å². The van der Waals surface area contributed by atoms with Gasteiger partial charge in [0.2, 0.25) is 0 Å². The maximum atomic E-state index is 13.1. The molecule has 0 aliphatic carbocycles. The molecule has 3 aromatic rings. The highest BCUT2D eigenvalue weighted by molar-refractivity contribution is 7.99. The molecule has 1 heterocycles. The van der Waals surface area contributed by atoms with Gasteiger partial charge in [0, 0.05) is 21.0 Å². The third-order valence-electron chi connectivity index (χ3n) is 3.57. The van der Waals surface area contributed by atoms with Gasteiger partial charge in [0.15, 0.2) is 0 Å². The Balaban J connectivity index is 1.84. The number of nitrogens with zero attached hydrogens (tertiary/aromatic N) is 2. The summed E-state index contributed by atoms with van der Waals surface area (Å²) in [5.41, 5.74) is -0.480. The third kappa shape index (κ3) is 5.82. The minimum absolute atomic E-state index is 0.124. The van der Waals surface area contributed by atoms with E-state index in [9.17, 15) is 18.0 Å². The number of benzene rings is 2. The molecule has 3 rings (SSSR count). The SMILES string of the molecule is O=C(O/N=C\c1ncc(C(F)(F)F)cc1Sc1ccc(Cl)cc1)c1ccccc1. The Morgan fingerprint density at radius 2 is 1.79 bits per heavy atom. The fourth-order valence-electron chi connectivity index (χ4n) is 2.17. The van der Waals surface area contributed by atoms with Crippen molar-refractivity contribution in [3.8, 4) is 0 Å². The first-order valence-electron chi connectivity index (χ1n) is 8.13. The summed E-state index contributed by atoms with van der Waals surface area (Å²) in [6, 6.07) is 15.7. The summed E-state index contributed by atoms with van der Waals surface area (Å²) in [7, 11) is 0. The monoisotopic (exact) mass is 436 g/mol. The Kier molecular flexibility index (Phi) is 6.56. The van der Waals surface area contributed by atoms with Crippen molar-refractivity contribution in [2.75, 3.05) is 0 Å². The first-order chi connectivity index (χ1) is 13.8. The number of halogens is 4. The van der Waals surface area contributed by atoms with E-state index in [0.717, 1.165) is 24.0 Å². The molecule has 0 saturated carbocycles. The predicted molar refractivity (Wildman–Crippen MR) is 104 cm³/mol. The van der Waals surface area contributed by atoms with Crippen LogP contribution in [0.1, 0.15) is 21.6 Å². The van der Waals surface area contributed by atoms with Crippen molar-refractivity contribution < 1.29 is 22.8 Å². The number of carbonyl (C=O) groups excluding carboxylic acids is 1. The van der Waals surface area contributed by atoms with Gasteiger partial charge in [-0.15, -0.1) is 0 Å². The smallest absolute Gasteiger partial charge is 0.313 e.